The summed E-state index contributed by atoms with van der Waals surface area (Å²) in [6.45, 7) is 0. The SMILES string of the molecule is N#CCc1c(F)c(C(F)(F)F)nc(F)c1P. The van der Waals surface area contributed by atoms with Crippen LogP contribution in [0.4, 0.5) is 22.0 Å². The zero-order valence-electron chi connectivity index (χ0n) is 7.57. The molecule has 0 aliphatic carbocycles. The van der Waals surface area contributed by atoms with Crippen LogP contribution in [0.3, 0.4) is 0 Å². The standard InChI is InChI=1S/C8H4F5N2P/c9-4-3(1-2-14)5(16)7(10)15-6(4)8(11,12)13/h1,16H2. The molecule has 0 aromatic carbocycles. The molecule has 1 aromatic rings. The first-order valence-electron chi connectivity index (χ1n) is 3.86. The van der Waals surface area contributed by atoms with Crippen molar-refractivity contribution in [2.75, 3.05) is 0 Å². The monoisotopic (exact) mass is 254 g/mol. The first kappa shape index (κ1) is 12.8. The van der Waals surface area contributed by atoms with Gasteiger partial charge in [-0.2, -0.15) is 22.8 Å². The fourth-order valence-electron chi connectivity index (χ4n) is 1.03. The van der Waals surface area contributed by atoms with E-state index < -0.39 is 40.9 Å². The van der Waals surface area contributed by atoms with Crippen LogP contribution in [0.5, 0.6) is 0 Å². The van der Waals surface area contributed by atoms with Crippen molar-refractivity contribution in [3.8, 4) is 6.07 Å². The molecule has 0 saturated heterocycles. The molecule has 1 unspecified atom stereocenters. The van der Waals surface area contributed by atoms with Gasteiger partial charge >= 0.3 is 6.18 Å². The van der Waals surface area contributed by atoms with Crippen LogP contribution in [-0.2, 0) is 12.6 Å². The minimum absolute atomic E-state index is 0.466. The van der Waals surface area contributed by atoms with E-state index in [1.165, 1.54) is 6.07 Å². The van der Waals surface area contributed by atoms with Crippen molar-refractivity contribution in [2.45, 2.75) is 12.6 Å². The van der Waals surface area contributed by atoms with Gasteiger partial charge in [0.05, 0.1) is 12.5 Å². The Kier molecular flexibility index (Phi) is 3.44. The molecule has 0 spiro atoms. The van der Waals surface area contributed by atoms with Crippen molar-refractivity contribution >= 4 is 14.5 Å². The first-order chi connectivity index (χ1) is 7.29. The number of alkyl halides is 3. The van der Waals surface area contributed by atoms with E-state index in [1.54, 1.807) is 9.24 Å². The highest BCUT2D eigenvalue weighted by Crippen LogP contribution is 2.31. The van der Waals surface area contributed by atoms with E-state index in [1.807, 2.05) is 0 Å². The van der Waals surface area contributed by atoms with E-state index in [4.69, 9.17) is 5.26 Å². The molecule has 0 saturated carbocycles. The number of hydrogen-bond donors (Lipinski definition) is 0. The fourth-order valence-corrected chi connectivity index (χ4v) is 1.33. The van der Waals surface area contributed by atoms with Gasteiger partial charge in [0.25, 0.3) is 0 Å². The minimum Gasteiger partial charge on any atom is -0.211 e. The third-order valence-electron chi connectivity index (χ3n) is 1.75. The molecule has 0 aliphatic rings. The van der Waals surface area contributed by atoms with Crippen LogP contribution in [0.2, 0.25) is 0 Å². The molecule has 0 fully saturated rings. The molecule has 0 bridgehead atoms. The Labute approximate surface area is 89.3 Å². The van der Waals surface area contributed by atoms with Gasteiger partial charge in [0, 0.05) is 10.9 Å². The Morgan fingerprint density at radius 1 is 1.31 bits per heavy atom. The summed E-state index contributed by atoms with van der Waals surface area (Å²) >= 11 is 0. The third-order valence-corrected chi connectivity index (χ3v) is 2.34. The topological polar surface area (TPSA) is 36.7 Å². The number of rotatable bonds is 1. The van der Waals surface area contributed by atoms with Gasteiger partial charge in [-0.1, -0.05) is 0 Å². The minimum atomic E-state index is -5.09. The van der Waals surface area contributed by atoms with Crippen LogP contribution < -0.4 is 5.30 Å². The van der Waals surface area contributed by atoms with Gasteiger partial charge < -0.3 is 0 Å². The summed E-state index contributed by atoms with van der Waals surface area (Å²) in [5.41, 5.74) is -2.59. The maximum absolute atomic E-state index is 13.3. The van der Waals surface area contributed by atoms with Crippen LogP contribution in [0.25, 0.3) is 0 Å². The van der Waals surface area contributed by atoms with Crippen molar-refractivity contribution in [3.63, 3.8) is 0 Å². The van der Waals surface area contributed by atoms with E-state index in [9.17, 15) is 22.0 Å². The number of nitriles is 1. The predicted octanol–water partition coefficient (Wildman–Crippen LogP) is 1.95. The van der Waals surface area contributed by atoms with E-state index >= 15 is 0 Å². The number of hydrogen-bond acceptors (Lipinski definition) is 2. The Balaban J connectivity index is 3.52. The largest absolute Gasteiger partial charge is 0.436 e. The van der Waals surface area contributed by atoms with Gasteiger partial charge in [-0.3, -0.25) is 0 Å². The van der Waals surface area contributed by atoms with E-state index in [0.29, 0.717) is 0 Å². The zero-order chi connectivity index (χ0) is 12.5. The van der Waals surface area contributed by atoms with Gasteiger partial charge in [-0.25, -0.2) is 9.37 Å². The zero-order valence-corrected chi connectivity index (χ0v) is 8.72. The summed E-state index contributed by atoms with van der Waals surface area (Å²) in [6, 6.07) is 1.46. The van der Waals surface area contributed by atoms with Crippen molar-refractivity contribution in [1.29, 1.82) is 5.26 Å². The molecule has 1 aromatic heterocycles. The highest BCUT2D eigenvalue weighted by molar-refractivity contribution is 7.27. The third kappa shape index (κ3) is 2.27. The van der Waals surface area contributed by atoms with Gasteiger partial charge in [0.15, 0.2) is 11.5 Å². The van der Waals surface area contributed by atoms with E-state index in [-0.39, 0.29) is 0 Å². The average Bonchev–Trinajstić information content (AvgIpc) is 2.16. The Hall–Kier alpha value is -1.28. The normalized spacial score (nSPS) is 11.3. The van der Waals surface area contributed by atoms with Crippen molar-refractivity contribution in [2.24, 2.45) is 0 Å². The summed E-state index contributed by atoms with van der Waals surface area (Å²) in [6.07, 6.45) is -5.75. The van der Waals surface area contributed by atoms with Crippen LogP contribution >= 0.6 is 9.24 Å². The maximum atomic E-state index is 13.3. The van der Waals surface area contributed by atoms with Crippen molar-refractivity contribution in [1.82, 2.24) is 4.98 Å². The molecule has 0 N–H and O–H groups in total. The fraction of sp³-hybridized carbons (Fsp3) is 0.250. The summed E-state index contributed by atoms with van der Waals surface area (Å²) < 4.78 is 62.9. The number of pyridine rings is 1. The van der Waals surface area contributed by atoms with Crippen LogP contribution in [-0.4, -0.2) is 4.98 Å². The number of aromatic nitrogens is 1. The molecule has 0 aliphatic heterocycles. The Morgan fingerprint density at radius 3 is 2.31 bits per heavy atom. The highest BCUT2D eigenvalue weighted by atomic mass is 31.0. The van der Waals surface area contributed by atoms with E-state index in [0.717, 1.165) is 0 Å². The second-order valence-electron chi connectivity index (χ2n) is 2.79. The predicted molar refractivity (Wildman–Crippen MR) is 47.8 cm³/mol. The number of halogens is 5. The molecule has 16 heavy (non-hydrogen) atoms. The second-order valence-corrected chi connectivity index (χ2v) is 3.37. The summed E-state index contributed by atoms with van der Waals surface area (Å²) in [7, 11) is 1.72. The molecule has 8 heteroatoms. The summed E-state index contributed by atoms with van der Waals surface area (Å²) in [4.78, 5) is 2.49. The Morgan fingerprint density at radius 2 is 1.88 bits per heavy atom. The second kappa shape index (κ2) is 4.30. The highest BCUT2D eigenvalue weighted by Gasteiger charge is 2.38. The summed E-state index contributed by atoms with van der Waals surface area (Å²) in [5, 5.41) is 7.84. The molecule has 1 atom stereocenters. The van der Waals surface area contributed by atoms with E-state index in [2.05, 4.69) is 4.98 Å². The van der Waals surface area contributed by atoms with Gasteiger partial charge in [-0.05, 0) is 0 Å². The Bertz CT molecular complexity index is 463. The lowest BCUT2D eigenvalue weighted by molar-refractivity contribution is -0.144. The van der Waals surface area contributed by atoms with Gasteiger partial charge in [-0.15, -0.1) is 9.24 Å². The smallest absolute Gasteiger partial charge is 0.211 e. The molecule has 1 rings (SSSR count). The van der Waals surface area contributed by atoms with Gasteiger partial charge in [0.1, 0.15) is 0 Å². The maximum Gasteiger partial charge on any atom is 0.436 e. The van der Waals surface area contributed by atoms with Crippen LogP contribution in [0.15, 0.2) is 0 Å². The summed E-state index contributed by atoms with van der Waals surface area (Å²) in [5.74, 6) is -3.16. The first-order valence-corrected chi connectivity index (χ1v) is 4.44. The lowest BCUT2D eigenvalue weighted by Gasteiger charge is -2.11. The molecule has 86 valence electrons. The quantitative estimate of drug-likeness (QED) is 0.436. The average molecular weight is 254 g/mol. The van der Waals surface area contributed by atoms with Crippen LogP contribution in [0, 0.1) is 23.1 Å². The molecule has 2 nitrogen and oxygen atoms in total. The lowest BCUT2D eigenvalue weighted by atomic mass is 10.1. The molecular formula is C8H4F5N2P. The van der Waals surface area contributed by atoms with Gasteiger partial charge in [0.2, 0.25) is 5.95 Å². The lowest BCUT2D eigenvalue weighted by Crippen LogP contribution is -2.21. The van der Waals surface area contributed by atoms with Crippen molar-refractivity contribution in [3.05, 3.63) is 23.0 Å². The number of nitrogens with zero attached hydrogens (tertiary/aromatic N) is 2. The molecule has 0 amide bonds. The van der Waals surface area contributed by atoms with Crippen LogP contribution in [0.1, 0.15) is 11.3 Å². The van der Waals surface area contributed by atoms with Crippen molar-refractivity contribution < 1.29 is 22.0 Å². The molecule has 0 radical (unpaired) electrons. The molecule has 1 heterocycles. The molecular weight excluding hydrogens is 250 g/mol.